The van der Waals surface area contributed by atoms with E-state index in [0.29, 0.717) is 5.32 Å². The van der Waals surface area contributed by atoms with E-state index in [0.717, 1.165) is 6.29 Å². The number of carbonyl (C=O) groups is 1. The fraction of sp³-hybridized carbons (Fsp3) is 0.500. The van der Waals surface area contributed by atoms with Crippen molar-refractivity contribution in [2.75, 3.05) is 0 Å². The van der Waals surface area contributed by atoms with E-state index in [2.05, 4.69) is 16.0 Å². The van der Waals surface area contributed by atoms with Gasteiger partial charge in [0.25, 0.3) is 0 Å². The van der Waals surface area contributed by atoms with Crippen LogP contribution in [0.5, 0.6) is 0 Å². The molecular formula is C2H3OSe. The minimum atomic E-state index is 0.514. The molecule has 0 aliphatic heterocycles. The number of hydrogen-bond acceptors (Lipinski definition) is 1. The molecule has 0 spiro atoms. The quantitative estimate of drug-likeness (QED) is 0.347. The molecule has 0 aliphatic carbocycles. The molecule has 4 heavy (non-hydrogen) atoms. The second-order valence-corrected chi connectivity index (χ2v) is 1.03. The van der Waals surface area contributed by atoms with E-state index in [1.807, 2.05) is 0 Å². The summed E-state index contributed by atoms with van der Waals surface area (Å²) in [7, 11) is 0. The third kappa shape index (κ3) is 2.19. The Balaban J connectivity index is 2.30. The van der Waals surface area contributed by atoms with E-state index in [9.17, 15) is 0 Å². The Morgan fingerprint density at radius 3 is 2.25 bits per heavy atom. The summed E-state index contributed by atoms with van der Waals surface area (Å²) in [6.45, 7) is 0. The van der Waals surface area contributed by atoms with Crippen LogP contribution in [0.25, 0.3) is 0 Å². The van der Waals surface area contributed by atoms with Gasteiger partial charge in [-0.1, -0.05) is 0 Å². The molecule has 0 heterocycles. The van der Waals surface area contributed by atoms with Crippen molar-refractivity contribution in [2.24, 2.45) is 0 Å². The van der Waals surface area contributed by atoms with Gasteiger partial charge in [0, 0.05) is 0 Å². The first-order chi connectivity index (χ1) is 1.91. The van der Waals surface area contributed by atoms with Gasteiger partial charge in [-0.2, -0.15) is 0 Å². The van der Waals surface area contributed by atoms with Gasteiger partial charge in [-0.3, -0.25) is 0 Å². The first kappa shape index (κ1) is 4.19. The predicted molar refractivity (Wildman–Crippen MR) is 16.6 cm³/mol. The molecule has 0 saturated carbocycles. The molecule has 1 radical (unpaired) electrons. The maximum atomic E-state index is 9.14. The fourth-order valence-corrected chi connectivity index (χ4v) is 0. The molecule has 23 valence electrons. The van der Waals surface area contributed by atoms with Crippen LogP contribution in [-0.2, 0) is 4.79 Å². The fourth-order valence-electron chi connectivity index (χ4n) is 0. The summed E-state index contributed by atoms with van der Waals surface area (Å²) >= 11 is 2.52. The van der Waals surface area contributed by atoms with Crippen molar-refractivity contribution in [3.8, 4) is 0 Å². The van der Waals surface area contributed by atoms with Crippen molar-refractivity contribution in [1.82, 2.24) is 0 Å². The molecule has 0 rings (SSSR count). The molecule has 0 aromatic carbocycles. The monoisotopic (exact) mass is 123 g/mol. The van der Waals surface area contributed by atoms with Gasteiger partial charge in [0.15, 0.2) is 0 Å². The first-order valence-corrected chi connectivity index (χ1v) is 2.14. The zero-order chi connectivity index (χ0) is 3.41. The van der Waals surface area contributed by atoms with Crippen LogP contribution in [-0.4, -0.2) is 22.3 Å². The summed E-state index contributed by atoms with van der Waals surface area (Å²) in [5, 5.41) is 0.514. The molecule has 0 amide bonds. The summed E-state index contributed by atoms with van der Waals surface area (Å²) in [6.07, 6.45) is 0.819. The van der Waals surface area contributed by atoms with E-state index >= 15 is 0 Å². The summed E-state index contributed by atoms with van der Waals surface area (Å²) < 4.78 is 0. The average molecular weight is 122 g/mol. The van der Waals surface area contributed by atoms with Crippen molar-refractivity contribution >= 4 is 22.3 Å². The molecule has 2 heteroatoms. The normalized spacial score (nSPS) is 6.25. The van der Waals surface area contributed by atoms with Gasteiger partial charge in [-0.25, -0.2) is 0 Å². The van der Waals surface area contributed by atoms with E-state index in [-0.39, 0.29) is 0 Å². The number of aldehydes is 1. The maximum absolute atomic E-state index is 9.14. The van der Waals surface area contributed by atoms with Gasteiger partial charge in [0.1, 0.15) is 0 Å². The second kappa shape index (κ2) is 3.19. The third-order valence-electron chi connectivity index (χ3n) is 0.0680. The SMILES string of the molecule is O=CC[Se]. The van der Waals surface area contributed by atoms with Crippen molar-refractivity contribution in [3.63, 3.8) is 0 Å². The summed E-state index contributed by atoms with van der Waals surface area (Å²) in [4.78, 5) is 9.14. The topological polar surface area (TPSA) is 17.1 Å². The van der Waals surface area contributed by atoms with Gasteiger partial charge in [0.2, 0.25) is 0 Å². The van der Waals surface area contributed by atoms with Gasteiger partial charge < -0.3 is 0 Å². The molecule has 0 fully saturated rings. The summed E-state index contributed by atoms with van der Waals surface area (Å²) in [6, 6.07) is 0. The first-order valence-electron chi connectivity index (χ1n) is 0.933. The zero-order valence-corrected chi connectivity index (χ0v) is 3.81. The molecule has 0 aliphatic rings. The van der Waals surface area contributed by atoms with E-state index < -0.39 is 0 Å². The van der Waals surface area contributed by atoms with Crippen LogP contribution < -0.4 is 0 Å². The van der Waals surface area contributed by atoms with Crippen LogP contribution in [0, 0.1) is 0 Å². The zero-order valence-electron chi connectivity index (χ0n) is 2.10. The van der Waals surface area contributed by atoms with Gasteiger partial charge in [-0.15, -0.1) is 0 Å². The van der Waals surface area contributed by atoms with Crippen molar-refractivity contribution in [3.05, 3.63) is 0 Å². The molecule has 0 saturated heterocycles. The second-order valence-electron chi connectivity index (χ2n) is 0.333. The molecule has 0 unspecified atom stereocenters. The molecule has 0 N–H and O–H groups in total. The number of hydrogen-bond donors (Lipinski definition) is 0. The van der Waals surface area contributed by atoms with Crippen LogP contribution in [0.3, 0.4) is 0 Å². The van der Waals surface area contributed by atoms with Crippen molar-refractivity contribution in [2.45, 2.75) is 5.32 Å². The van der Waals surface area contributed by atoms with Crippen LogP contribution >= 0.6 is 0 Å². The third-order valence-corrected chi connectivity index (χ3v) is 0.354. The summed E-state index contributed by atoms with van der Waals surface area (Å²) in [5.74, 6) is 0. The van der Waals surface area contributed by atoms with Gasteiger partial charge in [-0.05, 0) is 0 Å². The number of rotatable bonds is 1. The van der Waals surface area contributed by atoms with E-state index in [1.165, 1.54) is 0 Å². The van der Waals surface area contributed by atoms with Crippen molar-refractivity contribution in [1.29, 1.82) is 0 Å². The van der Waals surface area contributed by atoms with Crippen LogP contribution in [0.4, 0.5) is 0 Å². The molecule has 1 nitrogen and oxygen atoms in total. The Morgan fingerprint density at radius 1 is 2.00 bits per heavy atom. The summed E-state index contributed by atoms with van der Waals surface area (Å²) in [5.41, 5.74) is 0. The Morgan fingerprint density at radius 2 is 2.25 bits per heavy atom. The Bertz CT molecular complexity index is 20.0. The van der Waals surface area contributed by atoms with E-state index in [1.54, 1.807) is 0 Å². The molecule has 0 bridgehead atoms. The molecular weight excluding hydrogens is 119 g/mol. The molecule has 0 aromatic heterocycles. The molecule has 0 atom stereocenters. The van der Waals surface area contributed by atoms with Crippen LogP contribution in [0.1, 0.15) is 0 Å². The Kier molecular flexibility index (Phi) is 3.34. The van der Waals surface area contributed by atoms with Crippen LogP contribution in [0.2, 0.25) is 5.32 Å². The van der Waals surface area contributed by atoms with Crippen molar-refractivity contribution < 1.29 is 4.79 Å². The minimum absolute atomic E-state index is 0.514. The standard InChI is InChI=1S/C2H3OSe/c3-1-2-4/h1H,2H2. The average Bonchev–Trinajstić information content (AvgIpc) is 1.37. The molecule has 0 aromatic rings. The van der Waals surface area contributed by atoms with Crippen LogP contribution in [0.15, 0.2) is 0 Å². The Labute approximate surface area is 33.2 Å². The Hall–Kier alpha value is 0.189. The van der Waals surface area contributed by atoms with Gasteiger partial charge >= 0.3 is 32.4 Å². The predicted octanol–water partition coefficient (Wildman–Crippen LogP) is -0.228. The number of carbonyl (C=O) groups excluding carboxylic acids is 1. The van der Waals surface area contributed by atoms with Gasteiger partial charge in [0.05, 0.1) is 0 Å². The van der Waals surface area contributed by atoms with E-state index in [4.69, 9.17) is 4.79 Å².